The van der Waals surface area contributed by atoms with E-state index in [1.54, 1.807) is 0 Å². The number of carboxylic acid groups (broad SMARTS) is 2. The van der Waals surface area contributed by atoms with E-state index in [4.69, 9.17) is 10.2 Å². The van der Waals surface area contributed by atoms with Gasteiger partial charge in [0.15, 0.2) is 0 Å². The molecule has 3 rings (SSSR count). The van der Waals surface area contributed by atoms with Crippen LogP contribution in [0.2, 0.25) is 0 Å². The van der Waals surface area contributed by atoms with Crippen molar-refractivity contribution in [2.45, 2.75) is 19.4 Å². The quantitative estimate of drug-likeness (QED) is 0.819. The number of aliphatic carboxylic acids is 2. The number of nitrogens with zero attached hydrogens (tertiary/aromatic N) is 2. The van der Waals surface area contributed by atoms with E-state index in [2.05, 4.69) is 58.2 Å². The summed E-state index contributed by atoms with van der Waals surface area (Å²) >= 11 is 0. The number of benzene rings is 1. The van der Waals surface area contributed by atoms with Crippen LogP contribution in [0.15, 0.2) is 65.8 Å². The summed E-state index contributed by atoms with van der Waals surface area (Å²) in [7, 11) is 0. The van der Waals surface area contributed by atoms with Gasteiger partial charge in [-0.3, -0.25) is 4.99 Å². The van der Waals surface area contributed by atoms with Crippen LogP contribution in [0.1, 0.15) is 17.7 Å². The molecule has 25 heavy (non-hydrogen) atoms. The molecule has 1 aromatic carbocycles. The fourth-order valence-corrected chi connectivity index (χ4v) is 2.50. The van der Waals surface area contributed by atoms with E-state index >= 15 is 0 Å². The van der Waals surface area contributed by atoms with Crippen LogP contribution in [0.4, 0.5) is 0 Å². The lowest BCUT2D eigenvalue weighted by atomic mass is 10.0. The maximum absolute atomic E-state index is 9.55. The molecule has 0 saturated heterocycles. The largest absolute Gasteiger partial charge is 0.478 e. The van der Waals surface area contributed by atoms with Crippen molar-refractivity contribution in [2.75, 3.05) is 6.54 Å². The van der Waals surface area contributed by atoms with Gasteiger partial charge in [-0.2, -0.15) is 0 Å². The SMILES string of the molecule is O=C(O)/C=C\C(=O)O.c1ccc(CCC2=NCCn3cccc32)cc1. The lowest BCUT2D eigenvalue weighted by Gasteiger charge is -2.16. The zero-order valence-corrected chi connectivity index (χ0v) is 13.7. The number of aromatic nitrogens is 1. The van der Waals surface area contributed by atoms with Crippen molar-refractivity contribution in [3.8, 4) is 0 Å². The Balaban J connectivity index is 0.000000242. The Morgan fingerprint density at radius 3 is 2.32 bits per heavy atom. The highest BCUT2D eigenvalue weighted by Gasteiger charge is 2.12. The van der Waals surface area contributed by atoms with Gasteiger partial charge in [0, 0.05) is 24.9 Å². The summed E-state index contributed by atoms with van der Waals surface area (Å²) in [6.45, 7) is 1.95. The highest BCUT2D eigenvalue weighted by Crippen LogP contribution is 2.14. The smallest absolute Gasteiger partial charge is 0.328 e. The van der Waals surface area contributed by atoms with E-state index in [1.165, 1.54) is 17.0 Å². The van der Waals surface area contributed by atoms with Crippen LogP contribution in [-0.2, 0) is 22.6 Å². The molecule has 0 aliphatic carbocycles. The molecule has 2 heterocycles. The third-order valence-electron chi connectivity index (χ3n) is 3.63. The molecular weight excluding hydrogens is 320 g/mol. The van der Waals surface area contributed by atoms with E-state index in [0.29, 0.717) is 12.2 Å². The number of carbonyl (C=O) groups is 2. The molecular formula is C19H20N2O4. The Hall–Kier alpha value is -3.15. The Morgan fingerprint density at radius 2 is 1.68 bits per heavy atom. The van der Waals surface area contributed by atoms with E-state index in [-0.39, 0.29) is 0 Å². The van der Waals surface area contributed by atoms with Gasteiger partial charge in [-0.15, -0.1) is 0 Å². The Bertz CT molecular complexity index is 760. The molecule has 0 fully saturated rings. The molecule has 0 radical (unpaired) electrons. The molecule has 0 amide bonds. The van der Waals surface area contributed by atoms with E-state index < -0.39 is 11.9 Å². The maximum Gasteiger partial charge on any atom is 0.328 e. The summed E-state index contributed by atoms with van der Waals surface area (Å²) in [6.07, 6.45) is 5.37. The zero-order chi connectivity index (χ0) is 18.1. The summed E-state index contributed by atoms with van der Waals surface area (Å²) < 4.78 is 2.30. The minimum Gasteiger partial charge on any atom is -0.478 e. The topological polar surface area (TPSA) is 91.9 Å². The number of carboxylic acids is 2. The van der Waals surface area contributed by atoms with Gasteiger partial charge in [-0.1, -0.05) is 30.3 Å². The van der Waals surface area contributed by atoms with Crippen LogP contribution in [0.25, 0.3) is 0 Å². The molecule has 1 aliphatic rings. The molecule has 2 aromatic rings. The van der Waals surface area contributed by atoms with Crippen molar-refractivity contribution in [1.82, 2.24) is 4.57 Å². The van der Waals surface area contributed by atoms with Crippen molar-refractivity contribution in [1.29, 1.82) is 0 Å². The van der Waals surface area contributed by atoms with Gasteiger partial charge in [-0.05, 0) is 30.5 Å². The van der Waals surface area contributed by atoms with Crippen molar-refractivity contribution in [2.24, 2.45) is 4.99 Å². The number of aliphatic imine (C=N–C) groups is 1. The fraction of sp³-hybridized carbons (Fsp3) is 0.211. The molecule has 0 bridgehead atoms. The second kappa shape index (κ2) is 9.22. The van der Waals surface area contributed by atoms with Crippen LogP contribution < -0.4 is 0 Å². The maximum atomic E-state index is 9.55. The van der Waals surface area contributed by atoms with Gasteiger partial charge in [0.1, 0.15) is 0 Å². The van der Waals surface area contributed by atoms with Gasteiger partial charge in [-0.25, -0.2) is 9.59 Å². The first-order chi connectivity index (χ1) is 12.1. The molecule has 0 atom stereocenters. The first-order valence-corrected chi connectivity index (χ1v) is 7.93. The molecule has 130 valence electrons. The monoisotopic (exact) mass is 340 g/mol. The average Bonchev–Trinajstić information content (AvgIpc) is 3.09. The Kier molecular flexibility index (Phi) is 6.71. The van der Waals surface area contributed by atoms with Crippen LogP contribution >= 0.6 is 0 Å². The summed E-state index contributed by atoms with van der Waals surface area (Å²) in [5.74, 6) is -2.51. The van der Waals surface area contributed by atoms with Gasteiger partial charge < -0.3 is 14.8 Å². The molecule has 0 saturated carbocycles. The number of rotatable bonds is 5. The third kappa shape index (κ3) is 6.10. The second-order valence-corrected chi connectivity index (χ2v) is 5.41. The minimum atomic E-state index is -1.26. The van der Waals surface area contributed by atoms with E-state index in [0.717, 1.165) is 25.9 Å². The first kappa shape index (κ1) is 18.2. The van der Waals surface area contributed by atoms with E-state index in [9.17, 15) is 9.59 Å². The molecule has 6 nitrogen and oxygen atoms in total. The second-order valence-electron chi connectivity index (χ2n) is 5.41. The Labute approximate surface area is 145 Å². The summed E-state index contributed by atoms with van der Waals surface area (Å²) in [6, 6.07) is 14.9. The van der Waals surface area contributed by atoms with Gasteiger partial charge in [0.05, 0.1) is 18.0 Å². The average molecular weight is 340 g/mol. The highest BCUT2D eigenvalue weighted by molar-refractivity contribution is 5.99. The summed E-state index contributed by atoms with van der Waals surface area (Å²) in [5.41, 5.74) is 3.94. The van der Waals surface area contributed by atoms with Gasteiger partial charge in [0.25, 0.3) is 0 Å². The third-order valence-corrected chi connectivity index (χ3v) is 3.63. The number of fused-ring (bicyclic) bond motifs is 1. The highest BCUT2D eigenvalue weighted by atomic mass is 16.4. The van der Waals surface area contributed by atoms with Crippen LogP contribution in [0, 0.1) is 0 Å². The molecule has 1 aromatic heterocycles. The zero-order valence-electron chi connectivity index (χ0n) is 13.7. The predicted molar refractivity (Wildman–Crippen MR) is 95.0 cm³/mol. The molecule has 1 aliphatic heterocycles. The summed E-state index contributed by atoms with van der Waals surface area (Å²) in [5, 5.41) is 15.6. The van der Waals surface area contributed by atoms with Crippen LogP contribution in [-0.4, -0.2) is 39.0 Å². The van der Waals surface area contributed by atoms with E-state index in [1.807, 2.05) is 0 Å². The fourth-order valence-electron chi connectivity index (χ4n) is 2.50. The van der Waals surface area contributed by atoms with Crippen LogP contribution in [0.3, 0.4) is 0 Å². The minimum absolute atomic E-state index is 0.558. The molecule has 2 N–H and O–H groups in total. The van der Waals surface area contributed by atoms with Crippen molar-refractivity contribution in [3.05, 3.63) is 72.1 Å². The number of aryl methyl sites for hydroxylation is 1. The lowest BCUT2D eigenvalue weighted by molar-refractivity contribution is -0.134. The molecule has 6 heteroatoms. The molecule has 0 spiro atoms. The Morgan fingerprint density at radius 1 is 1.00 bits per heavy atom. The molecule has 0 unspecified atom stereocenters. The van der Waals surface area contributed by atoms with Gasteiger partial charge >= 0.3 is 11.9 Å². The van der Waals surface area contributed by atoms with Crippen molar-refractivity contribution < 1.29 is 19.8 Å². The lowest BCUT2D eigenvalue weighted by Crippen LogP contribution is -2.18. The van der Waals surface area contributed by atoms with Crippen LogP contribution in [0.5, 0.6) is 0 Å². The normalized spacial score (nSPS) is 12.7. The van der Waals surface area contributed by atoms with Crippen molar-refractivity contribution >= 4 is 17.7 Å². The predicted octanol–water partition coefficient (Wildman–Crippen LogP) is 2.64. The summed E-state index contributed by atoms with van der Waals surface area (Å²) in [4.78, 5) is 23.8. The number of hydrogen-bond donors (Lipinski definition) is 2. The van der Waals surface area contributed by atoms with Gasteiger partial charge in [0.2, 0.25) is 0 Å². The van der Waals surface area contributed by atoms with Crippen molar-refractivity contribution in [3.63, 3.8) is 0 Å². The standard InChI is InChI=1S/C15H16N2.C4H4O4/c1-2-5-13(6-3-1)8-9-14-15-7-4-11-17(15)12-10-16-14;5-3(6)1-2-4(7)8/h1-7,11H,8-10,12H2;1-2H,(H,5,6)(H,7,8)/b;2-1-. The number of hydrogen-bond acceptors (Lipinski definition) is 3. The first-order valence-electron chi connectivity index (χ1n) is 7.93.